The molecule has 0 radical (unpaired) electrons. The van der Waals surface area contributed by atoms with Crippen molar-refractivity contribution in [3.8, 4) is 0 Å². The van der Waals surface area contributed by atoms with E-state index in [-0.39, 0.29) is 24.0 Å². The van der Waals surface area contributed by atoms with Gasteiger partial charge in [0.25, 0.3) is 0 Å². The van der Waals surface area contributed by atoms with Gasteiger partial charge in [0.1, 0.15) is 0 Å². The fourth-order valence-electron chi connectivity index (χ4n) is 3.55. The van der Waals surface area contributed by atoms with Gasteiger partial charge >= 0.3 is 0 Å². The maximum Gasteiger partial charge on any atom is 0.226 e. The van der Waals surface area contributed by atoms with Gasteiger partial charge in [-0.05, 0) is 56.2 Å². The number of nitrogens with zero attached hydrogens (tertiary/aromatic N) is 1. The van der Waals surface area contributed by atoms with E-state index in [2.05, 4.69) is 6.07 Å². The molecule has 1 aliphatic carbocycles. The van der Waals surface area contributed by atoms with Gasteiger partial charge in [0.15, 0.2) is 0 Å². The Kier molecular flexibility index (Phi) is 4.23. The van der Waals surface area contributed by atoms with Gasteiger partial charge in [-0.3, -0.25) is 4.79 Å². The van der Waals surface area contributed by atoms with Gasteiger partial charge in [0.05, 0.1) is 6.10 Å². The first-order valence-corrected chi connectivity index (χ1v) is 8.18. The number of carbonyl (C=O) groups excluding carboxylic acids is 1. The normalized spacial score (nSPS) is 29.5. The number of carbonyl (C=O) groups is 1. The molecule has 4 heteroatoms. The number of aliphatic hydroxyl groups is 1. The van der Waals surface area contributed by atoms with Gasteiger partial charge in [0.2, 0.25) is 5.91 Å². The molecule has 1 aliphatic heterocycles. The third-order valence-electron chi connectivity index (χ3n) is 4.66. The average molecular weight is 308 g/mol. The third kappa shape index (κ3) is 3.24. The van der Waals surface area contributed by atoms with Crippen LogP contribution in [0, 0.1) is 5.92 Å². The van der Waals surface area contributed by atoms with Gasteiger partial charge in [-0.1, -0.05) is 23.7 Å². The first-order chi connectivity index (χ1) is 10.1. The van der Waals surface area contributed by atoms with Crippen LogP contribution in [0.1, 0.15) is 44.1 Å². The van der Waals surface area contributed by atoms with E-state index >= 15 is 0 Å². The minimum absolute atomic E-state index is 0.109. The van der Waals surface area contributed by atoms with Crippen LogP contribution in [0.15, 0.2) is 24.3 Å². The van der Waals surface area contributed by atoms with Crippen molar-refractivity contribution >= 4 is 17.5 Å². The molecule has 1 N–H and O–H groups in total. The molecule has 21 heavy (non-hydrogen) atoms. The van der Waals surface area contributed by atoms with Crippen molar-refractivity contribution in [3.63, 3.8) is 0 Å². The number of likely N-dealkylation sites (tertiary alicyclic amines) is 1. The predicted molar refractivity (Wildman–Crippen MR) is 83.3 cm³/mol. The summed E-state index contributed by atoms with van der Waals surface area (Å²) in [6.45, 7) is 2.64. The molecule has 1 aromatic rings. The fourth-order valence-corrected chi connectivity index (χ4v) is 3.75. The zero-order valence-electron chi connectivity index (χ0n) is 12.3. The first-order valence-electron chi connectivity index (χ1n) is 7.80. The Hall–Kier alpha value is -1.06. The Morgan fingerprint density at radius 2 is 2.33 bits per heavy atom. The average Bonchev–Trinajstić information content (AvgIpc) is 3.11. The van der Waals surface area contributed by atoms with E-state index in [1.54, 1.807) is 6.92 Å². The topological polar surface area (TPSA) is 40.5 Å². The van der Waals surface area contributed by atoms with Gasteiger partial charge < -0.3 is 10.0 Å². The van der Waals surface area contributed by atoms with Crippen LogP contribution in [-0.4, -0.2) is 34.6 Å². The van der Waals surface area contributed by atoms with Crippen LogP contribution in [0.5, 0.6) is 0 Å². The summed E-state index contributed by atoms with van der Waals surface area (Å²) in [6, 6.07) is 8.06. The monoisotopic (exact) mass is 307 g/mol. The van der Waals surface area contributed by atoms with E-state index in [9.17, 15) is 9.90 Å². The quantitative estimate of drug-likeness (QED) is 0.928. The van der Waals surface area contributed by atoms with Crippen molar-refractivity contribution in [1.82, 2.24) is 4.90 Å². The highest BCUT2D eigenvalue weighted by atomic mass is 35.5. The highest BCUT2D eigenvalue weighted by molar-refractivity contribution is 6.30. The highest BCUT2D eigenvalue weighted by Gasteiger charge is 2.47. The zero-order chi connectivity index (χ0) is 15.0. The van der Waals surface area contributed by atoms with Gasteiger partial charge in [-0.2, -0.15) is 0 Å². The Balaban J connectivity index is 1.64. The molecular weight excluding hydrogens is 286 g/mol. The second kappa shape index (κ2) is 5.98. The lowest BCUT2D eigenvalue weighted by molar-refractivity contribution is -0.133. The van der Waals surface area contributed by atoms with Crippen molar-refractivity contribution in [2.24, 2.45) is 5.92 Å². The summed E-state index contributed by atoms with van der Waals surface area (Å²) in [5.41, 5.74) is 1.17. The first kappa shape index (κ1) is 14.9. The standard InChI is InChI=1S/C17H22ClNO2/c1-11(20)8-14-6-3-7-19(14)17(21)16-10-15(16)12-4-2-5-13(18)9-12/h2,4-5,9,11,14-16,20H,3,6-8,10H2,1H3. The predicted octanol–water partition coefficient (Wildman–Crippen LogP) is 3.21. The van der Waals surface area contributed by atoms with Crippen molar-refractivity contribution in [2.75, 3.05) is 6.54 Å². The minimum Gasteiger partial charge on any atom is -0.393 e. The Bertz CT molecular complexity index is 531. The lowest BCUT2D eigenvalue weighted by Gasteiger charge is -2.26. The number of benzene rings is 1. The van der Waals surface area contributed by atoms with Crippen molar-refractivity contribution in [2.45, 2.75) is 50.7 Å². The summed E-state index contributed by atoms with van der Waals surface area (Å²) in [4.78, 5) is 14.7. The minimum atomic E-state index is -0.341. The molecule has 0 aromatic heterocycles. The van der Waals surface area contributed by atoms with Crippen molar-refractivity contribution in [1.29, 1.82) is 0 Å². The Morgan fingerprint density at radius 1 is 1.52 bits per heavy atom. The van der Waals surface area contributed by atoms with Crippen molar-refractivity contribution in [3.05, 3.63) is 34.9 Å². The smallest absolute Gasteiger partial charge is 0.226 e. The third-order valence-corrected chi connectivity index (χ3v) is 4.89. The number of hydrogen-bond acceptors (Lipinski definition) is 2. The largest absolute Gasteiger partial charge is 0.393 e. The molecule has 1 aromatic carbocycles. The molecule has 0 bridgehead atoms. The van der Waals surface area contributed by atoms with Crippen LogP contribution in [0.2, 0.25) is 5.02 Å². The van der Waals surface area contributed by atoms with Gasteiger partial charge in [-0.25, -0.2) is 0 Å². The van der Waals surface area contributed by atoms with Crippen LogP contribution < -0.4 is 0 Å². The molecular formula is C17H22ClNO2. The van der Waals surface area contributed by atoms with E-state index in [0.717, 1.165) is 30.8 Å². The highest BCUT2D eigenvalue weighted by Crippen LogP contribution is 2.49. The second-order valence-corrected chi connectivity index (χ2v) is 6.85. The molecule has 3 nitrogen and oxygen atoms in total. The van der Waals surface area contributed by atoms with E-state index in [1.165, 1.54) is 5.56 Å². The molecule has 1 amide bonds. The van der Waals surface area contributed by atoms with Gasteiger partial charge in [-0.15, -0.1) is 0 Å². The summed E-state index contributed by atoms with van der Waals surface area (Å²) in [5, 5.41) is 10.3. The summed E-state index contributed by atoms with van der Waals surface area (Å²) < 4.78 is 0. The van der Waals surface area contributed by atoms with Crippen LogP contribution in [0.4, 0.5) is 0 Å². The molecule has 114 valence electrons. The second-order valence-electron chi connectivity index (χ2n) is 6.42. The lowest BCUT2D eigenvalue weighted by Crippen LogP contribution is -2.38. The van der Waals surface area contributed by atoms with E-state index in [1.807, 2.05) is 23.1 Å². The molecule has 4 atom stereocenters. The number of hydrogen-bond donors (Lipinski definition) is 1. The summed E-state index contributed by atoms with van der Waals surface area (Å²) in [5.74, 6) is 0.699. The molecule has 1 heterocycles. The molecule has 4 unspecified atom stereocenters. The van der Waals surface area contributed by atoms with Gasteiger partial charge in [0, 0.05) is 23.5 Å². The number of halogens is 1. The molecule has 2 aliphatic rings. The Morgan fingerprint density at radius 3 is 3.05 bits per heavy atom. The SMILES string of the molecule is CC(O)CC1CCCN1C(=O)C1CC1c1cccc(Cl)c1. The number of rotatable bonds is 4. The fraction of sp³-hybridized carbons (Fsp3) is 0.588. The zero-order valence-corrected chi connectivity index (χ0v) is 13.1. The van der Waals surface area contributed by atoms with Crippen LogP contribution in [-0.2, 0) is 4.79 Å². The van der Waals surface area contributed by atoms with E-state index < -0.39 is 0 Å². The maximum absolute atomic E-state index is 12.7. The van der Waals surface area contributed by atoms with Crippen LogP contribution >= 0.6 is 11.6 Å². The maximum atomic E-state index is 12.7. The summed E-state index contributed by atoms with van der Waals surface area (Å²) in [6.07, 6.45) is 3.35. The number of aliphatic hydroxyl groups excluding tert-OH is 1. The molecule has 0 spiro atoms. The van der Waals surface area contributed by atoms with E-state index in [0.29, 0.717) is 12.3 Å². The van der Waals surface area contributed by atoms with E-state index in [4.69, 9.17) is 11.6 Å². The summed E-state index contributed by atoms with van der Waals surface area (Å²) in [7, 11) is 0. The molecule has 3 rings (SSSR count). The van der Waals surface area contributed by atoms with Crippen molar-refractivity contribution < 1.29 is 9.90 Å². The summed E-state index contributed by atoms with van der Waals surface area (Å²) >= 11 is 6.03. The molecule has 1 saturated heterocycles. The molecule has 2 fully saturated rings. The van der Waals surface area contributed by atoms with Crippen LogP contribution in [0.3, 0.4) is 0 Å². The Labute approximate surface area is 130 Å². The number of amides is 1. The van der Waals surface area contributed by atoms with Crippen LogP contribution in [0.25, 0.3) is 0 Å². The molecule has 1 saturated carbocycles. The lowest BCUT2D eigenvalue weighted by atomic mass is 10.1.